The SMILES string of the molecule is COC(CSc1ccc2ccc(/C=C/c3cccc(F)c3)cc2n1)OC. The zero-order valence-electron chi connectivity index (χ0n) is 14.7. The van der Waals surface area contributed by atoms with Crippen molar-refractivity contribution in [3.05, 3.63) is 71.5 Å². The van der Waals surface area contributed by atoms with Crippen LogP contribution in [0.1, 0.15) is 11.1 Å². The minimum absolute atomic E-state index is 0.237. The molecule has 5 heteroatoms. The van der Waals surface area contributed by atoms with E-state index in [2.05, 4.69) is 6.07 Å². The summed E-state index contributed by atoms with van der Waals surface area (Å²) in [5.41, 5.74) is 2.76. The number of rotatable bonds is 7. The summed E-state index contributed by atoms with van der Waals surface area (Å²) in [7, 11) is 3.25. The van der Waals surface area contributed by atoms with Gasteiger partial charge in [-0.15, -0.1) is 11.8 Å². The third kappa shape index (κ3) is 4.91. The van der Waals surface area contributed by atoms with E-state index in [9.17, 15) is 4.39 Å². The Morgan fingerprint density at radius 3 is 2.46 bits per heavy atom. The minimum atomic E-state index is -0.252. The van der Waals surface area contributed by atoms with E-state index in [0.717, 1.165) is 27.1 Å². The van der Waals surface area contributed by atoms with Crippen molar-refractivity contribution < 1.29 is 13.9 Å². The molecule has 0 aliphatic rings. The summed E-state index contributed by atoms with van der Waals surface area (Å²) >= 11 is 1.59. The second-order valence-corrected chi connectivity index (χ2v) is 6.74. The zero-order chi connectivity index (χ0) is 18.4. The first-order valence-corrected chi connectivity index (χ1v) is 9.19. The third-order valence-corrected chi connectivity index (χ3v) is 4.86. The van der Waals surface area contributed by atoms with Gasteiger partial charge in [0.05, 0.1) is 16.3 Å². The Hall–Kier alpha value is -2.21. The summed E-state index contributed by atoms with van der Waals surface area (Å²) in [6.07, 6.45) is 3.60. The lowest BCUT2D eigenvalue weighted by Crippen LogP contribution is -2.15. The molecule has 0 atom stereocenters. The number of nitrogens with zero attached hydrogens (tertiary/aromatic N) is 1. The average Bonchev–Trinajstić information content (AvgIpc) is 2.67. The summed E-state index contributed by atoms with van der Waals surface area (Å²) in [6, 6.07) is 16.7. The molecular weight excluding hydrogens is 349 g/mol. The highest BCUT2D eigenvalue weighted by molar-refractivity contribution is 7.99. The number of benzene rings is 2. The zero-order valence-corrected chi connectivity index (χ0v) is 15.5. The maximum atomic E-state index is 13.3. The van der Waals surface area contributed by atoms with E-state index >= 15 is 0 Å². The molecule has 0 bridgehead atoms. The fourth-order valence-electron chi connectivity index (χ4n) is 2.49. The number of fused-ring (bicyclic) bond motifs is 1. The molecule has 0 radical (unpaired) electrons. The highest BCUT2D eigenvalue weighted by Crippen LogP contribution is 2.23. The molecule has 3 aromatic rings. The molecule has 3 nitrogen and oxygen atoms in total. The molecule has 0 amide bonds. The van der Waals surface area contributed by atoms with Gasteiger partial charge in [-0.1, -0.05) is 42.5 Å². The molecule has 2 aromatic carbocycles. The van der Waals surface area contributed by atoms with Gasteiger partial charge in [0.2, 0.25) is 0 Å². The monoisotopic (exact) mass is 369 g/mol. The maximum absolute atomic E-state index is 13.3. The van der Waals surface area contributed by atoms with Crippen LogP contribution in [0.2, 0.25) is 0 Å². The number of thioether (sulfide) groups is 1. The van der Waals surface area contributed by atoms with Crippen LogP contribution in [0.3, 0.4) is 0 Å². The van der Waals surface area contributed by atoms with E-state index in [4.69, 9.17) is 14.5 Å². The Labute approximate surface area is 156 Å². The van der Waals surface area contributed by atoms with Crippen LogP contribution in [0, 0.1) is 5.82 Å². The molecular formula is C21H20FNO2S. The molecule has 0 aliphatic carbocycles. The van der Waals surface area contributed by atoms with Crippen LogP contribution in [-0.2, 0) is 9.47 Å². The number of methoxy groups -OCH3 is 2. The second-order valence-electron chi connectivity index (χ2n) is 5.70. The van der Waals surface area contributed by atoms with Crippen LogP contribution in [0.4, 0.5) is 4.39 Å². The first-order valence-electron chi connectivity index (χ1n) is 8.21. The molecule has 0 N–H and O–H groups in total. The molecule has 0 aliphatic heterocycles. The van der Waals surface area contributed by atoms with Crippen molar-refractivity contribution in [3.63, 3.8) is 0 Å². The standard InChI is InChI=1S/C21H20FNO2S/c1-24-21(25-2)14-26-20-11-10-17-9-8-16(13-19(17)23-20)7-6-15-4-3-5-18(22)12-15/h3-13,21H,14H2,1-2H3/b7-6+. The fourth-order valence-corrected chi connectivity index (χ4v) is 3.39. The van der Waals surface area contributed by atoms with Gasteiger partial charge in [0.1, 0.15) is 5.82 Å². The van der Waals surface area contributed by atoms with Crippen molar-refractivity contribution in [3.8, 4) is 0 Å². The minimum Gasteiger partial charge on any atom is -0.355 e. The normalized spacial score (nSPS) is 11.7. The number of pyridine rings is 1. The van der Waals surface area contributed by atoms with E-state index < -0.39 is 0 Å². The summed E-state index contributed by atoms with van der Waals surface area (Å²) in [6.45, 7) is 0. The van der Waals surface area contributed by atoms with Crippen molar-refractivity contribution in [1.29, 1.82) is 0 Å². The summed E-state index contributed by atoms with van der Waals surface area (Å²) in [5.74, 6) is 0.435. The van der Waals surface area contributed by atoms with Gasteiger partial charge in [-0.2, -0.15) is 0 Å². The molecule has 0 fully saturated rings. The van der Waals surface area contributed by atoms with Crippen molar-refractivity contribution in [2.75, 3.05) is 20.0 Å². The van der Waals surface area contributed by atoms with Crippen molar-refractivity contribution >= 4 is 34.8 Å². The van der Waals surface area contributed by atoms with Crippen molar-refractivity contribution in [1.82, 2.24) is 4.98 Å². The Kier molecular flexibility index (Phi) is 6.39. The molecule has 26 heavy (non-hydrogen) atoms. The van der Waals surface area contributed by atoms with Gasteiger partial charge >= 0.3 is 0 Å². The van der Waals surface area contributed by atoms with Crippen LogP contribution >= 0.6 is 11.8 Å². The summed E-state index contributed by atoms with van der Waals surface area (Å²) < 4.78 is 23.7. The molecule has 1 aromatic heterocycles. The van der Waals surface area contributed by atoms with Crippen LogP contribution < -0.4 is 0 Å². The predicted octanol–water partition coefficient (Wildman–Crippen LogP) is 5.26. The van der Waals surface area contributed by atoms with Gasteiger partial charge in [-0.3, -0.25) is 0 Å². The Balaban J connectivity index is 1.78. The Bertz CT molecular complexity index is 909. The topological polar surface area (TPSA) is 31.4 Å². The quantitative estimate of drug-likeness (QED) is 0.323. The van der Waals surface area contributed by atoms with Gasteiger partial charge in [-0.05, 0) is 35.4 Å². The average molecular weight is 369 g/mol. The highest BCUT2D eigenvalue weighted by atomic mass is 32.2. The number of aromatic nitrogens is 1. The lowest BCUT2D eigenvalue weighted by atomic mass is 10.1. The molecule has 0 spiro atoms. The first kappa shape index (κ1) is 18.6. The van der Waals surface area contributed by atoms with Crippen LogP contribution in [-0.4, -0.2) is 31.2 Å². The number of halogens is 1. The van der Waals surface area contributed by atoms with Crippen LogP contribution in [0.5, 0.6) is 0 Å². The smallest absolute Gasteiger partial charge is 0.166 e. The van der Waals surface area contributed by atoms with E-state index in [1.165, 1.54) is 12.1 Å². The van der Waals surface area contributed by atoms with Gasteiger partial charge in [-0.25, -0.2) is 9.37 Å². The molecule has 0 saturated heterocycles. The summed E-state index contributed by atoms with van der Waals surface area (Å²) in [4.78, 5) is 4.70. The fraction of sp³-hybridized carbons (Fsp3) is 0.190. The van der Waals surface area contributed by atoms with E-state index in [1.807, 2.05) is 42.5 Å². The van der Waals surface area contributed by atoms with Crippen molar-refractivity contribution in [2.45, 2.75) is 11.3 Å². The lowest BCUT2D eigenvalue weighted by molar-refractivity contribution is -0.0842. The van der Waals surface area contributed by atoms with Gasteiger partial charge in [0.15, 0.2) is 6.29 Å². The third-order valence-electron chi connectivity index (χ3n) is 3.90. The van der Waals surface area contributed by atoms with Gasteiger partial charge in [0, 0.05) is 19.6 Å². The molecule has 134 valence electrons. The number of ether oxygens (including phenoxy) is 2. The molecule has 1 heterocycles. The Morgan fingerprint density at radius 1 is 1.00 bits per heavy atom. The first-order chi connectivity index (χ1) is 12.7. The van der Waals surface area contributed by atoms with Crippen molar-refractivity contribution in [2.24, 2.45) is 0 Å². The van der Waals surface area contributed by atoms with Gasteiger partial charge < -0.3 is 9.47 Å². The van der Waals surface area contributed by atoms with E-state index in [1.54, 1.807) is 32.0 Å². The largest absolute Gasteiger partial charge is 0.355 e. The predicted molar refractivity (Wildman–Crippen MR) is 106 cm³/mol. The Morgan fingerprint density at radius 2 is 1.73 bits per heavy atom. The molecule has 0 saturated carbocycles. The van der Waals surface area contributed by atoms with Crippen LogP contribution in [0.15, 0.2) is 59.6 Å². The number of hydrogen-bond donors (Lipinski definition) is 0. The molecule has 3 rings (SSSR count). The summed E-state index contributed by atoms with van der Waals surface area (Å²) in [5, 5.41) is 2.00. The highest BCUT2D eigenvalue weighted by Gasteiger charge is 2.07. The lowest BCUT2D eigenvalue weighted by Gasteiger charge is -2.12. The van der Waals surface area contributed by atoms with E-state index in [-0.39, 0.29) is 12.1 Å². The molecule has 0 unspecified atom stereocenters. The van der Waals surface area contributed by atoms with Crippen LogP contribution in [0.25, 0.3) is 23.1 Å². The maximum Gasteiger partial charge on any atom is 0.166 e. The number of hydrogen-bond acceptors (Lipinski definition) is 4. The second kappa shape index (κ2) is 8.94. The van der Waals surface area contributed by atoms with E-state index in [0.29, 0.717) is 5.75 Å². The van der Waals surface area contributed by atoms with Gasteiger partial charge in [0.25, 0.3) is 0 Å².